The molecular formula is C11H23NO2. The molecule has 1 unspecified atom stereocenters. The van der Waals surface area contributed by atoms with Crippen LogP contribution in [0.25, 0.3) is 0 Å². The summed E-state index contributed by atoms with van der Waals surface area (Å²) in [6, 6.07) is 0. The largest absolute Gasteiger partial charge is 0.480 e. The Labute approximate surface area is 86.7 Å². The van der Waals surface area contributed by atoms with Gasteiger partial charge in [0.15, 0.2) is 0 Å². The van der Waals surface area contributed by atoms with Crippen LogP contribution in [0.15, 0.2) is 0 Å². The molecule has 0 radical (unpaired) electrons. The van der Waals surface area contributed by atoms with Gasteiger partial charge in [-0.2, -0.15) is 0 Å². The Hall–Kier alpha value is -0.570. The summed E-state index contributed by atoms with van der Waals surface area (Å²) in [6.45, 7) is 10.0. The second-order valence-electron chi connectivity index (χ2n) is 5.80. The van der Waals surface area contributed by atoms with E-state index in [4.69, 9.17) is 10.8 Å². The highest BCUT2D eigenvalue weighted by atomic mass is 16.4. The Morgan fingerprint density at radius 1 is 1.36 bits per heavy atom. The van der Waals surface area contributed by atoms with Crippen molar-refractivity contribution in [1.82, 2.24) is 0 Å². The molecule has 3 N–H and O–H groups in total. The lowest BCUT2D eigenvalue weighted by Crippen LogP contribution is -2.51. The van der Waals surface area contributed by atoms with Crippen molar-refractivity contribution >= 4 is 5.97 Å². The van der Waals surface area contributed by atoms with Crippen molar-refractivity contribution in [3.8, 4) is 0 Å². The third-order valence-electron chi connectivity index (χ3n) is 2.04. The maximum atomic E-state index is 11.1. The monoisotopic (exact) mass is 201 g/mol. The van der Waals surface area contributed by atoms with Gasteiger partial charge in [0.1, 0.15) is 5.54 Å². The van der Waals surface area contributed by atoms with Gasteiger partial charge in [-0.25, -0.2) is 0 Å². The van der Waals surface area contributed by atoms with E-state index in [1.165, 1.54) is 0 Å². The zero-order valence-corrected chi connectivity index (χ0v) is 9.92. The van der Waals surface area contributed by atoms with Crippen LogP contribution in [0.4, 0.5) is 0 Å². The van der Waals surface area contributed by atoms with Crippen molar-refractivity contribution < 1.29 is 9.90 Å². The topological polar surface area (TPSA) is 63.3 Å². The normalized spacial score (nSPS) is 16.8. The van der Waals surface area contributed by atoms with Crippen molar-refractivity contribution in [1.29, 1.82) is 0 Å². The summed E-state index contributed by atoms with van der Waals surface area (Å²) in [5.41, 5.74) is 4.80. The third kappa shape index (κ3) is 4.61. The fourth-order valence-corrected chi connectivity index (χ4v) is 1.91. The zero-order valence-electron chi connectivity index (χ0n) is 9.92. The molecule has 0 fully saturated rings. The van der Waals surface area contributed by atoms with Crippen molar-refractivity contribution in [2.45, 2.75) is 53.0 Å². The Bertz CT molecular complexity index is 206. The van der Waals surface area contributed by atoms with Gasteiger partial charge in [-0.15, -0.1) is 0 Å². The van der Waals surface area contributed by atoms with Crippen molar-refractivity contribution in [2.24, 2.45) is 17.1 Å². The number of carboxylic acids is 1. The van der Waals surface area contributed by atoms with Crippen LogP contribution in [0.1, 0.15) is 47.5 Å². The van der Waals surface area contributed by atoms with Crippen LogP contribution in [0, 0.1) is 11.3 Å². The van der Waals surface area contributed by atoms with Crippen LogP contribution in [-0.4, -0.2) is 16.6 Å². The maximum absolute atomic E-state index is 11.1. The number of hydrogen-bond acceptors (Lipinski definition) is 2. The molecule has 3 heteroatoms. The summed E-state index contributed by atoms with van der Waals surface area (Å²) in [5.74, 6) is -0.584. The maximum Gasteiger partial charge on any atom is 0.323 e. The first-order valence-electron chi connectivity index (χ1n) is 5.09. The summed E-state index contributed by atoms with van der Waals surface area (Å²) in [5, 5.41) is 9.12. The number of hydrogen-bond donors (Lipinski definition) is 2. The first-order chi connectivity index (χ1) is 6.07. The number of aliphatic carboxylic acids is 1. The van der Waals surface area contributed by atoms with E-state index in [0.29, 0.717) is 18.8 Å². The standard InChI is InChI=1S/C11H23NO2/c1-8(2)6-11(12,9(13)14)7-10(3,4)5/h8H,6-7,12H2,1-5H3,(H,13,14). The summed E-state index contributed by atoms with van der Waals surface area (Å²) in [6.07, 6.45) is 1.03. The van der Waals surface area contributed by atoms with Gasteiger partial charge in [0.2, 0.25) is 0 Å². The molecule has 0 rings (SSSR count). The van der Waals surface area contributed by atoms with Gasteiger partial charge in [-0.05, 0) is 24.2 Å². The Kier molecular flexibility index (Phi) is 4.13. The smallest absolute Gasteiger partial charge is 0.323 e. The highest BCUT2D eigenvalue weighted by Gasteiger charge is 2.38. The molecule has 14 heavy (non-hydrogen) atoms. The van der Waals surface area contributed by atoms with E-state index in [-0.39, 0.29) is 5.41 Å². The van der Waals surface area contributed by atoms with Gasteiger partial charge < -0.3 is 10.8 Å². The minimum Gasteiger partial charge on any atom is -0.480 e. The lowest BCUT2D eigenvalue weighted by molar-refractivity contribution is -0.145. The van der Waals surface area contributed by atoms with Crippen LogP contribution in [-0.2, 0) is 4.79 Å². The quantitative estimate of drug-likeness (QED) is 0.733. The summed E-state index contributed by atoms with van der Waals surface area (Å²) >= 11 is 0. The van der Waals surface area contributed by atoms with Gasteiger partial charge >= 0.3 is 5.97 Å². The van der Waals surface area contributed by atoms with E-state index in [2.05, 4.69) is 0 Å². The number of nitrogens with two attached hydrogens (primary N) is 1. The molecule has 0 spiro atoms. The van der Waals surface area contributed by atoms with E-state index in [1.54, 1.807) is 0 Å². The lowest BCUT2D eigenvalue weighted by Gasteiger charge is -2.33. The predicted molar refractivity (Wildman–Crippen MR) is 58.1 cm³/mol. The second kappa shape index (κ2) is 4.30. The SMILES string of the molecule is CC(C)CC(N)(CC(C)(C)C)C(=O)O. The van der Waals surface area contributed by atoms with Gasteiger partial charge in [0.05, 0.1) is 0 Å². The van der Waals surface area contributed by atoms with Crippen LogP contribution in [0.2, 0.25) is 0 Å². The fourth-order valence-electron chi connectivity index (χ4n) is 1.91. The number of carboxylic acid groups (broad SMARTS) is 1. The zero-order chi connectivity index (χ0) is 11.6. The van der Waals surface area contributed by atoms with E-state index < -0.39 is 11.5 Å². The van der Waals surface area contributed by atoms with Gasteiger partial charge in [0, 0.05) is 0 Å². The number of rotatable bonds is 4. The Balaban J connectivity index is 4.65. The third-order valence-corrected chi connectivity index (χ3v) is 2.04. The fraction of sp³-hybridized carbons (Fsp3) is 0.909. The minimum atomic E-state index is -1.08. The van der Waals surface area contributed by atoms with Gasteiger partial charge in [-0.3, -0.25) is 4.79 Å². The molecule has 3 nitrogen and oxygen atoms in total. The molecule has 0 aliphatic heterocycles. The van der Waals surface area contributed by atoms with E-state index in [1.807, 2.05) is 34.6 Å². The van der Waals surface area contributed by atoms with Crippen molar-refractivity contribution in [2.75, 3.05) is 0 Å². The van der Waals surface area contributed by atoms with Crippen LogP contribution < -0.4 is 5.73 Å². The van der Waals surface area contributed by atoms with E-state index in [9.17, 15) is 4.79 Å². The number of carbonyl (C=O) groups is 1. The van der Waals surface area contributed by atoms with E-state index in [0.717, 1.165) is 0 Å². The molecule has 0 bridgehead atoms. The molecule has 0 saturated heterocycles. The molecule has 0 aromatic carbocycles. The Morgan fingerprint density at radius 3 is 2.00 bits per heavy atom. The highest BCUT2D eigenvalue weighted by Crippen LogP contribution is 2.30. The molecule has 0 heterocycles. The first-order valence-corrected chi connectivity index (χ1v) is 5.09. The van der Waals surface area contributed by atoms with Gasteiger partial charge in [0.25, 0.3) is 0 Å². The molecule has 84 valence electrons. The molecule has 0 aromatic rings. The first kappa shape index (κ1) is 13.4. The van der Waals surface area contributed by atoms with Crippen molar-refractivity contribution in [3.63, 3.8) is 0 Å². The second-order valence-corrected chi connectivity index (χ2v) is 5.80. The van der Waals surface area contributed by atoms with Crippen LogP contribution in [0.5, 0.6) is 0 Å². The minimum absolute atomic E-state index is 0.0535. The van der Waals surface area contributed by atoms with Crippen LogP contribution >= 0.6 is 0 Å². The molecule has 0 amide bonds. The van der Waals surface area contributed by atoms with Gasteiger partial charge in [-0.1, -0.05) is 34.6 Å². The molecule has 0 aromatic heterocycles. The molecule has 1 atom stereocenters. The highest BCUT2D eigenvalue weighted by molar-refractivity contribution is 5.78. The summed E-state index contributed by atoms with van der Waals surface area (Å²) in [7, 11) is 0. The van der Waals surface area contributed by atoms with Crippen LogP contribution in [0.3, 0.4) is 0 Å². The van der Waals surface area contributed by atoms with E-state index >= 15 is 0 Å². The van der Waals surface area contributed by atoms with Crippen molar-refractivity contribution in [3.05, 3.63) is 0 Å². The summed E-state index contributed by atoms with van der Waals surface area (Å²) < 4.78 is 0. The summed E-state index contributed by atoms with van der Waals surface area (Å²) in [4.78, 5) is 11.1. The average molecular weight is 201 g/mol. The molecular weight excluding hydrogens is 178 g/mol. The lowest BCUT2D eigenvalue weighted by atomic mass is 9.76. The molecule has 0 aliphatic rings. The predicted octanol–water partition coefficient (Wildman–Crippen LogP) is 2.25. The molecule has 0 aliphatic carbocycles. The molecule has 0 saturated carbocycles. The average Bonchev–Trinajstić information content (AvgIpc) is 1.79. The Morgan fingerprint density at radius 2 is 1.79 bits per heavy atom.